The summed E-state index contributed by atoms with van der Waals surface area (Å²) in [5, 5.41) is 9.54. The van der Waals surface area contributed by atoms with E-state index in [1.807, 2.05) is 0 Å². The molecule has 0 bridgehead atoms. The summed E-state index contributed by atoms with van der Waals surface area (Å²) in [6.45, 7) is 5.52. The van der Waals surface area contributed by atoms with Crippen molar-refractivity contribution in [1.29, 1.82) is 5.26 Å². The van der Waals surface area contributed by atoms with Crippen molar-refractivity contribution < 1.29 is 9.53 Å². The summed E-state index contributed by atoms with van der Waals surface area (Å²) in [5.74, 6) is 3.11. The highest BCUT2D eigenvalue weighted by atomic mass is 16.5. The number of cyclic esters (lactones) is 1. The summed E-state index contributed by atoms with van der Waals surface area (Å²) >= 11 is 0. The molecule has 1 aliphatic heterocycles. The lowest BCUT2D eigenvalue weighted by Gasteiger charge is -2.59. The Morgan fingerprint density at radius 2 is 1.81 bits per heavy atom. The lowest BCUT2D eigenvalue weighted by atomic mass is 9.45. The van der Waals surface area contributed by atoms with E-state index in [9.17, 15) is 10.1 Å². The van der Waals surface area contributed by atoms with Crippen LogP contribution >= 0.6 is 0 Å². The van der Waals surface area contributed by atoms with Crippen LogP contribution in [0.3, 0.4) is 0 Å². The zero-order valence-corrected chi connectivity index (χ0v) is 16.8. The van der Waals surface area contributed by atoms with Gasteiger partial charge in [-0.2, -0.15) is 5.26 Å². The van der Waals surface area contributed by atoms with Gasteiger partial charge >= 0.3 is 5.97 Å². The highest BCUT2D eigenvalue weighted by molar-refractivity contribution is 5.77. The first-order valence-corrected chi connectivity index (χ1v) is 11.2. The molecule has 4 fully saturated rings. The fourth-order valence-corrected chi connectivity index (χ4v) is 8.60. The first-order valence-electron chi connectivity index (χ1n) is 11.2. The summed E-state index contributed by atoms with van der Waals surface area (Å²) in [7, 11) is 0. The van der Waals surface area contributed by atoms with Gasteiger partial charge in [-0.1, -0.05) is 26.0 Å². The monoisotopic (exact) mass is 367 g/mol. The zero-order chi connectivity index (χ0) is 18.8. The maximum Gasteiger partial charge on any atom is 0.323 e. The number of carbonyl (C=O) groups is 1. The molecule has 9 atom stereocenters. The molecule has 1 saturated heterocycles. The van der Waals surface area contributed by atoms with Crippen LogP contribution in [0.1, 0.15) is 65.2 Å². The van der Waals surface area contributed by atoms with Crippen LogP contribution in [-0.2, 0) is 9.53 Å². The molecule has 27 heavy (non-hydrogen) atoms. The lowest BCUT2D eigenvalue weighted by molar-refractivity contribution is -0.139. The predicted molar refractivity (Wildman–Crippen MR) is 103 cm³/mol. The van der Waals surface area contributed by atoms with Crippen molar-refractivity contribution in [3.8, 4) is 6.07 Å². The first kappa shape index (κ1) is 17.8. The maximum atomic E-state index is 12.0. The number of ether oxygens (including phenoxy) is 1. The Bertz CT molecular complexity index is 708. The molecule has 5 rings (SSSR count). The Kier molecular flexibility index (Phi) is 4.01. The van der Waals surface area contributed by atoms with Crippen LogP contribution in [0, 0.1) is 63.6 Å². The van der Waals surface area contributed by atoms with Crippen molar-refractivity contribution in [3.63, 3.8) is 0 Å². The van der Waals surface area contributed by atoms with E-state index in [1.54, 1.807) is 0 Å². The topological polar surface area (TPSA) is 50.1 Å². The number of nitriles is 1. The van der Waals surface area contributed by atoms with Gasteiger partial charge in [0, 0.05) is 5.92 Å². The van der Waals surface area contributed by atoms with E-state index < -0.39 is 5.92 Å². The molecule has 146 valence electrons. The fraction of sp³-hybridized carbons (Fsp3) is 0.833. The molecule has 2 unspecified atom stereocenters. The van der Waals surface area contributed by atoms with E-state index in [0.717, 1.165) is 23.7 Å². The average Bonchev–Trinajstić information content (AvgIpc) is 3.20. The Hall–Kier alpha value is -1.30. The van der Waals surface area contributed by atoms with Gasteiger partial charge in [-0.3, -0.25) is 4.79 Å². The zero-order valence-electron chi connectivity index (χ0n) is 16.8. The Morgan fingerprint density at radius 1 is 1.04 bits per heavy atom. The number of fused-ring (bicyclic) bond motifs is 5. The predicted octanol–water partition coefficient (Wildman–Crippen LogP) is 5.12. The van der Waals surface area contributed by atoms with Crippen LogP contribution in [0.5, 0.6) is 0 Å². The largest absolute Gasteiger partial charge is 0.464 e. The summed E-state index contributed by atoms with van der Waals surface area (Å²) in [6.07, 6.45) is 15.5. The summed E-state index contributed by atoms with van der Waals surface area (Å²) in [6, 6.07) is 2.27. The second kappa shape index (κ2) is 6.10. The van der Waals surface area contributed by atoms with E-state index in [4.69, 9.17) is 4.74 Å². The van der Waals surface area contributed by atoms with E-state index >= 15 is 0 Å². The molecule has 3 heteroatoms. The third-order valence-electron chi connectivity index (χ3n) is 9.95. The number of hydrogen-bond donors (Lipinski definition) is 0. The molecular formula is C24H33NO2. The molecule has 0 amide bonds. The van der Waals surface area contributed by atoms with Crippen LogP contribution in [-0.4, -0.2) is 12.6 Å². The van der Waals surface area contributed by atoms with Crippen molar-refractivity contribution in [3.05, 3.63) is 12.2 Å². The minimum Gasteiger partial charge on any atom is -0.464 e. The van der Waals surface area contributed by atoms with E-state index in [2.05, 4.69) is 32.1 Å². The molecule has 3 saturated carbocycles. The smallest absolute Gasteiger partial charge is 0.323 e. The normalized spacial score (nSPS) is 53.8. The molecule has 0 aromatic carbocycles. The van der Waals surface area contributed by atoms with Crippen molar-refractivity contribution in [2.75, 3.05) is 6.61 Å². The first-order chi connectivity index (χ1) is 13.0. The third kappa shape index (κ3) is 2.34. The molecular weight excluding hydrogens is 334 g/mol. The molecule has 0 aromatic rings. The van der Waals surface area contributed by atoms with Crippen molar-refractivity contribution in [2.45, 2.75) is 65.2 Å². The standard InChI is InChI=1S/C24H33NO2/c1-23-11-4-3-5-15(23)6-7-16-19-8-9-20(24(19,2)12-10-21(16)23)18-14-27-22(26)17(18)13-25/h4,11,15-21H,3,5-10,12,14H2,1-2H3/t15?,16-,17?,18+,19+,20+,21-,23-,24-/m0/s1. The molecule has 5 aliphatic rings. The third-order valence-corrected chi connectivity index (χ3v) is 9.95. The number of hydrogen-bond acceptors (Lipinski definition) is 3. The van der Waals surface area contributed by atoms with E-state index in [-0.39, 0.29) is 17.3 Å². The molecule has 0 N–H and O–H groups in total. The SMILES string of the molecule is C[C@]12CC[C@H]3[C@@H](CCC4CCC=C[C@@]43C)[C@H]1CC[C@@H]2[C@@H]1COC(=O)C1C#N. The van der Waals surface area contributed by atoms with Crippen LogP contribution in [0.2, 0.25) is 0 Å². The molecule has 3 nitrogen and oxygen atoms in total. The molecule has 0 spiro atoms. The summed E-state index contributed by atoms with van der Waals surface area (Å²) in [4.78, 5) is 12.0. The number of esters is 1. The van der Waals surface area contributed by atoms with Crippen molar-refractivity contribution in [1.82, 2.24) is 0 Å². The molecule has 4 aliphatic carbocycles. The summed E-state index contributed by atoms with van der Waals surface area (Å²) in [5.41, 5.74) is 0.693. The van der Waals surface area contributed by atoms with Gasteiger partial charge in [0.05, 0.1) is 12.7 Å². The second-order valence-corrected chi connectivity index (χ2v) is 10.6. The fourth-order valence-electron chi connectivity index (χ4n) is 8.60. The highest BCUT2D eigenvalue weighted by Gasteiger charge is 2.61. The van der Waals surface area contributed by atoms with Gasteiger partial charge in [0.2, 0.25) is 0 Å². The van der Waals surface area contributed by atoms with Crippen LogP contribution in [0.4, 0.5) is 0 Å². The van der Waals surface area contributed by atoms with Crippen LogP contribution < -0.4 is 0 Å². The lowest BCUT2D eigenvalue weighted by Crippen LogP contribution is -2.52. The Labute approximate surface area is 163 Å². The van der Waals surface area contributed by atoms with E-state index in [0.29, 0.717) is 17.9 Å². The minimum atomic E-state index is -0.530. The second-order valence-electron chi connectivity index (χ2n) is 10.6. The minimum absolute atomic E-state index is 0.121. The van der Waals surface area contributed by atoms with Gasteiger partial charge in [-0.05, 0) is 91.8 Å². The number of nitrogens with zero attached hydrogens (tertiary/aromatic N) is 1. The summed E-state index contributed by atoms with van der Waals surface area (Å²) < 4.78 is 5.33. The molecule has 1 heterocycles. The maximum absolute atomic E-state index is 12.0. The van der Waals surface area contributed by atoms with Gasteiger partial charge in [0.1, 0.15) is 5.92 Å². The molecule has 0 radical (unpaired) electrons. The van der Waals surface area contributed by atoms with Gasteiger partial charge in [0.25, 0.3) is 0 Å². The molecule has 0 aromatic heterocycles. The number of rotatable bonds is 1. The van der Waals surface area contributed by atoms with Gasteiger partial charge in [0.15, 0.2) is 0 Å². The Balaban J connectivity index is 1.43. The van der Waals surface area contributed by atoms with Crippen molar-refractivity contribution >= 4 is 5.97 Å². The van der Waals surface area contributed by atoms with Gasteiger partial charge < -0.3 is 4.74 Å². The average molecular weight is 368 g/mol. The highest BCUT2D eigenvalue weighted by Crippen LogP contribution is 2.68. The van der Waals surface area contributed by atoms with Gasteiger partial charge in [-0.25, -0.2) is 0 Å². The van der Waals surface area contributed by atoms with Gasteiger partial charge in [-0.15, -0.1) is 0 Å². The number of allylic oxidation sites excluding steroid dienone is 2. The number of carbonyl (C=O) groups excluding carboxylic acids is 1. The quantitative estimate of drug-likeness (QED) is 0.477. The van der Waals surface area contributed by atoms with Crippen LogP contribution in [0.15, 0.2) is 12.2 Å². The van der Waals surface area contributed by atoms with E-state index in [1.165, 1.54) is 51.4 Å². The van der Waals surface area contributed by atoms with Crippen LogP contribution in [0.25, 0.3) is 0 Å². The Morgan fingerprint density at radius 3 is 2.59 bits per heavy atom. The van der Waals surface area contributed by atoms with Crippen molar-refractivity contribution in [2.24, 2.45) is 52.3 Å².